The minimum atomic E-state index is -1.13. The quantitative estimate of drug-likeness (QED) is 0.359. The van der Waals surface area contributed by atoms with E-state index in [4.69, 9.17) is 11.6 Å². The van der Waals surface area contributed by atoms with Gasteiger partial charge >= 0.3 is 6.03 Å². The van der Waals surface area contributed by atoms with Gasteiger partial charge in [0.2, 0.25) is 0 Å². The molecule has 178 valence electrons. The molecule has 1 aromatic heterocycles. The number of urea groups is 1. The highest BCUT2D eigenvalue weighted by molar-refractivity contribution is 6.31. The molecule has 2 aliphatic heterocycles. The number of carbonyl (C=O) groups excluding carboxylic acids is 2. The first-order valence-corrected chi connectivity index (χ1v) is 11.8. The van der Waals surface area contributed by atoms with Crippen LogP contribution in [-0.4, -0.2) is 57.0 Å². The molecule has 1 fully saturated rings. The van der Waals surface area contributed by atoms with Gasteiger partial charge in [0, 0.05) is 29.6 Å². The Morgan fingerprint density at radius 2 is 2.09 bits per heavy atom. The van der Waals surface area contributed by atoms with Crippen molar-refractivity contribution in [3.63, 3.8) is 0 Å². The van der Waals surface area contributed by atoms with Crippen LogP contribution in [0.25, 0.3) is 10.9 Å². The van der Waals surface area contributed by atoms with E-state index >= 15 is 0 Å². The van der Waals surface area contributed by atoms with Crippen LogP contribution in [0.15, 0.2) is 36.4 Å². The standard InChI is InChI=1S/C25H26ClFN4O3/c1-3-28-8-5-9-30-23(33)25(2)13-17-16-11-18(26)19(27)12-20(16)29-21(17)22(31(25)24(30)34)14-6-4-7-15(32)10-14/h4,6-7,10-12,22,28-29,32H,3,5,8-9,13H2,1-2H3/t22-,25+/m1/s1. The molecule has 3 amide bonds. The van der Waals surface area contributed by atoms with Crippen LogP contribution >= 0.6 is 11.6 Å². The van der Waals surface area contributed by atoms with Crippen molar-refractivity contribution >= 4 is 34.4 Å². The molecule has 3 aromatic rings. The molecule has 0 saturated carbocycles. The molecular formula is C25H26ClFN4O3. The number of fused-ring (bicyclic) bond motifs is 4. The van der Waals surface area contributed by atoms with Gasteiger partial charge in [-0.15, -0.1) is 0 Å². The minimum Gasteiger partial charge on any atom is -0.508 e. The number of phenols is 1. The second-order valence-corrected chi connectivity index (χ2v) is 9.50. The van der Waals surface area contributed by atoms with E-state index in [1.807, 2.05) is 13.0 Å². The molecule has 0 bridgehead atoms. The monoisotopic (exact) mass is 484 g/mol. The van der Waals surface area contributed by atoms with Gasteiger partial charge in [0.25, 0.3) is 5.91 Å². The number of rotatable bonds is 6. The first kappa shape index (κ1) is 22.7. The summed E-state index contributed by atoms with van der Waals surface area (Å²) in [6.45, 7) is 5.61. The maximum absolute atomic E-state index is 14.2. The molecule has 0 spiro atoms. The van der Waals surface area contributed by atoms with E-state index < -0.39 is 17.4 Å². The van der Waals surface area contributed by atoms with Gasteiger partial charge < -0.3 is 15.4 Å². The van der Waals surface area contributed by atoms with Crippen molar-refractivity contribution < 1.29 is 19.1 Å². The van der Waals surface area contributed by atoms with Gasteiger partial charge in [-0.2, -0.15) is 0 Å². The number of aromatic nitrogens is 1. The fourth-order valence-corrected chi connectivity index (χ4v) is 5.45. The van der Waals surface area contributed by atoms with Gasteiger partial charge in [-0.25, -0.2) is 9.18 Å². The number of nitrogens with one attached hydrogen (secondary N) is 2. The maximum atomic E-state index is 14.2. The molecule has 3 heterocycles. The fourth-order valence-electron chi connectivity index (χ4n) is 5.29. The molecule has 9 heteroatoms. The molecule has 2 atom stereocenters. The van der Waals surface area contributed by atoms with Crippen LogP contribution in [-0.2, 0) is 11.2 Å². The topological polar surface area (TPSA) is 88.7 Å². The minimum absolute atomic E-state index is 0.00494. The van der Waals surface area contributed by atoms with Crippen LogP contribution in [0.5, 0.6) is 5.75 Å². The first-order valence-electron chi connectivity index (χ1n) is 11.4. The number of phenolic OH excluding ortho intramolecular Hbond substituents is 1. The molecule has 2 aromatic carbocycles. The third-order valence-corrected chi connectivity index (χ3v) is 7.17. The van der Waals surface area contributed by atoms with E-state index in [1.54, 1.807) is 36.1 Å². The highest BCUT2D eigenvalue weighted by Crippen LogP contribution is 2.49. The number of benzene rings is 2. The van der Waals surface area contributed by atoms with Crippen molar-refractivity contribution in [2.45, 2.75) is 38.3 Å². The Kier molecular flexibility index (Phi) is 5.53. The van der Waals surface area contributed by atoms with Crippen molar-refractivity contribution in [3.8, 4) is 5.75 Å². The number of aromatic amines is 1. The molecule has 0 aliphatic carbocycles. The van der Waals surface area contributed by atoms with Crippen LogP contribution in [0.1, 0.15) is 43.1 Å². The zero-order chi connectivity index (χ0) is 24.2. The van der Waals surface area contributed by atoms with Crippen molar-refractivity contribution in [1.82, 2.24) is 20.1 Å². The maximum Gasteiger partial charge on any atom is 0.328 e. The molecule has 5 rings (SSSR count). The smallest absolute Gasteiger partial charge is 0.328 e. The van der Waals surface area contributed by atoms with E-state index in [0.717, 1.165) is 17.5 Å². The summed E-state index contributed by atoms with van der Waals surface area (Å²) in [7, 11) is 0. The Morgan fingerprint density at radius 1 is 1.29 bits per heavy atom. The third-order valence-electron chi connectivity index (χ3n) is 6.88. The number of H-pyrrole nitrogens is 1. The van der Waals surface area contributed by atoms with Crippen molar-refractivity contribution in [2.75, 3.05) is 19.6 Å². The summed E-state index contributed by atoms with van der Waals surface area (Å²) in [6.07, 6.45) is 0.920. The zero-order valence-corrected chi connectivity index (χ0v) is 19.7. The second-order valence-electron chi connectivity index (χ2n) is 9.09. The Labute approximate surface area is 201 Å². The number of imide groups is 1. The normalized spacial score (nSPS) is 21.9. The van der Waals surface area contributed by atoms with E-state index in [9.17, 15) is 19.1 Å². The third kappa shape index (κ3) is 3.35. The Morgan fingerprint density at radius 3 is 2.82 bits per heavy atom. The lowest BCUT2D eigenvalue weighted by Gasteiger charge is -2.42. The van der Waals surface area contributed by atoms with Gasteiger partial charge in [0.05, 0.1) is 5.02 Å². The van der Waals surface area contributed by atoms with Crippen LogP contribution in [0, 0.1) is 5.82 Å². The van der Waals surface area contributed by atoms with Gasteiger partial charge in [0.1, 0.15) is 23.1 Å². The van der Waals surface area contributed by atoms with Gasteiger partial charge in [-0.3, -0.25) is 14.6 Å². The summed E-state index contributed by atoms with van der Waals surface area (Å²) < 4.78 is 14.2. The second kappa shape index (κ2) is 8.29. The summed E-state index contributed by atoms with van der Waals surface area (Å²) >= 11 is 6.10. The lowest BCUT2D eigenvalue weighted by atomic mass is 9.81. The molecule has 3 N–H and O–H groups in total. The van der Waals surface area contributed by atoms with E-state index in [0.29, 0.717) is 36.3 Å². The van der Waals surface area contributed by atoms with Crippen LogP contribution in [0.2, 0.25) is 5.02 Å². The molecule has 2 aliphatic rings. The molecular weight excluding hydrogens is 459 g/mol. The average Bonchev–Trinajstić information content (AvgIpc) is 3.22. The Hall–Kier alpha value is -3.10. The number of amides is 3. The number of hydrogen-bond acceptors (Lipinski definition) is 4. The number of halogens is 2. The number of nitrogens with zero attached hydrogens (tertiary/aromatic N) is 2. The van der Waals surface area contributed by atoms with E-state index in [-0.39, 0.29) is 29.1 Å². The van der Waals surface area contributed by atoms with Gasteiger partial charge in [-0.05, 0) is 61.8 Å². The summed E-state index contributed by atoms with van der Waals surface area (Å²) in [5, 5.41) is 14.1. The van der Waals surface area contributed by atoms with E-state index in [1.165, 1.54) is 11.0 Å². The Balaban J connectivity index is 1.66. The molecule has 34 heavy (non-hydrogen) atoms. The molecule has 0 radical (unpaired) electrons. The van der Waals surface area contributed by atoms with Gasteiger partial charge in [0.15, 0.2) is 0 Å². The number of carbonyl (C=O) groups is 2. The summed E-state index contributed by atoms with van der Waals surface area (Å²) in [6, 6.07) is 8.52. The van der Waals surface area contributed by atoms with Crippen LogP contribution in [0.4, 0.5) is 9.18 Å². The summed E-state index contributed by atoms with van der Waals surface area (Å²) in [5.41, 5.74) is 1.58. The predicted molar refractivity (Wildman–Crippen MR) is 127 cm³/mol. The molecule has 7 nitrogen and oxygen atoms in total. The lowest BCUT2D eigenvalue weighted by Crippen LogP contribution is -2.53. The summed E-state index contributed by atoms with van der Waals surface area (Å²) in [4.78, 5) is 33.5. The zero-order valence-electron chi connectivity index (χ0n) is 19.0. The SMILES string of the molecule is CCNCCCN1C(=O)N2[C@H](c3cccc(O)c3)c3[nH]c4cc(F)c(Cl)cc4c3C[C@@]2(C)C1=O. The van der Waals surface area contributed by atoms with Gasteiger partial charge in [-0.1, -0.05) is 30.7 Å². The van der Waals surface area contributed by atoms with Crippen molar-refractivity contribution in [1.29, 1.82) is 0 Å². The van der Waals surface area contributed by atoms with Crippen molar-refractivity contribution in [3.05, 3.63) is 64.1 Å². The molecule has 1 saturated heterocycles. The first-order chi connectivity index (χ1) is 16.3. The number of aromatic hydroxyl groups is 1. The average molecular weight is 485 g/mol. The van der Waals surface area contributed by atoms with Crippen LogP contribution in [0.3, 0.4) is 0 Å². The fraction of sp³-hybridized carbons (Fsp3) is 0.360. The highest BCUT2D eigenvalue weighted by atomic mass is 35.5. The summed E-state index contributed by atoms with van der Waals surface area (Å²) in [5.74, 6) is -0.753. The van der Waals surface area contributed by atoms with Crippen molar-refractivity contribution in [2.24, 2.45) is 0 Å². The van der Waals surface area contributed by atoms with E-state index in [2.05, 4.69) is 10.3 Å². The largest absolute Gasteiger partial charge is 0.508 e. The highest BCUT2D eigenvalue weighted by Gasteiger charge is 2.60. The lowest BCUT2D eigenvalue weighted by molar-refractivity contribution is -0.133. The predicted octanol–water partition coefficient (Wildman–Crippen LogP) is 4.33. The molecule has 0 unspecified atom stereocenters. The number of hydrogen-bond donors (Lipinski definition) is 3. The Bertz CT molecular complexity index is 1310. The van der Waals surface area contributed by atoms with Crippen LogP contribution < -0.4 is 5.32 Å².